The first-order valence-corrected chi connectivity index (χ1v) is 7.20. The van der Waals surface area contributed by atoms with E-state index in [0.717, 1.165) is 12.8 Å². The predicted octanol–water partition coefficient (Wildman–Crippen LogP) is 2.94. The molecule has 0 aromatic heterocycles. The molecule has 0 radical (unpaired) electrons. The summed E-state index contributed by atoms with van der Waals surface area (Å²) in [4.78, 5) is 22.7. The van der Waals surface area contributed by atoms with Gasteiger partial charge in [-0.2, -0.15) is 13.2 Å². The third-order valence-electron chi connectivity index (χ3n) is 3.50. The van der Waals surface area contributed by atoms with Crippen LogP contribution in [0.1, 0.15) is 19.3 Å². The summed E-state index contributed by atoms with van der Waals surface area (Å²) in [6.45, 7) is 1.32. The van der Waals surface area contributed by atoms with Crippen LogP contribution in [0.25, 0.3) is 0 Å². The molecule has 0 spiro atoms. The topological polar surface area (TPSA) is 67.4 Å². The molecule has 2 rings (SSSR count). The van der Waals surface area contributed by atoms with Crippen LogP contribution in [0.15, 0.2) is 24.3 Å². The molecule has 1 aliphatic rings. The van der Waals surface area contributed by atoms with Crippen LogP contribution in [0.5, 0.6) is 0 Å². The van der Waals surface area contributed by atoms with E-state index in [0.29, 0.717) is 25.3 Å². The molecule has 0 aliphatic carbocycles. The molecule has 0 atom stereocenters. The first kappa shape index (κ1) is 17.3. The molecule has 0 saturated carbocycles. The minimum absolute atomic E-state index is 0.00903. The van der Waals surface area contributed by atoms with E-state index in [-0.39, 0.29) is 17.5 Å². The van der Waals surface area contributed by atoms with Crippen molar-refractivity contribution in [1.29, 1.82) is 0 Å². The predicted molar refractivity (Wildman–Crippen MR) is 77.9 cm³/mol. The zero-order valence-corrected chi connectivity index (χ0v) is 12.3. The van der Waals surface area contributed by atoms with Crippen LogP contribution in [-0.2, 0) is 14.3 Å². The van der Waals surface area contributed by atoms with Crippen molar-refractivity contribution >= 4 is 23.2 Å². The first-order valence-electron chi connectivity index (χ1n) is 7.20. The molecule has 2 amide bonds. The Labute approximate surface area is 131 Å². The summed E-state index contributed by atoms with van der Waals surface area (Å²) in [6.07, 6.45) is -2.86. The van der Waals surface area contributed by atoms with Crippen molar-refractivity contribution in [1.82, 2.24) is 0 Å². The smallest absolute Gasteiger partial charge is 0.381 e. The third kappa shape index (κ3) is 5.55. The van der Waals surface area contributed by atoms with Gasteiger partial charge in [-0.25, -0.2) is 0 Å². The largest absolute Gasteiger partial charge is 0.471 e. The number of benzene rings is 1. The quantitative estimate of drug-likeness (QED) is 0.892. The summed E-state index contributed by atoms with van der Waals surface area (Å²) < 4.78 is 41.6. The number of halogens is 3. The number of carbonyl (C=O) groups is 2. The molecule has 1 aromatic rings. The molecule has 0 bridgehead atoms. The molecular weight excluding hydrogens is 313 g/mol. The van der Waals surface area contributed by atoms with E-state index in [2.05, 4.69) is 5.32 Å². The highest BCUT2D eigenvalue weighted by atomic mass is 19.4. The van der Waals surface area contributed by atoms with Gasteiger partial charge in [-0.05, 0) is 43.0 Å². The van der Waals surface area contributed by atoms with Crippen LogP contribution in [0, 0.1) is 5.92 Å². The van der Waals surface area contributed by atoms with Gasteiger partial charge in [-0.3, -0.25) is 9.59 Å². The third-order valence-corrected chi connectivity index (χ3v) is 3.50. The fourth-order valence-electron chi connectivity index (χ4n) is 2.26. The molecule has 2 N–H and O–H groups in total. The van der Waals surface area contributed by atoms with Crippen LogP contribution >= 0.6 is 0 Å². The monoisotopic (exact) mass is 330 g/mol. The second-order valence-electron chi connectivity index (χ2n) is 5.34. The molecule has 1 saturated heterocycles. The van der Waals surface area contributed by atoms with Crippen molar-refractivity contribution in [2.24, 2.45) is 5.92 Å². The number of hydrogen-bond acceptors (Lipinski definition) is 3. The number of hydrogen-bond donors (Lipinski definition) is 2. The number of amides is 2. The Hall–Kier alpha value is -2.09. The molecule has 1 fully saturated rings. The Morgan fingerprint density at radius 1 is 1.04 bits per heavy atom. The van der Waals surface area contributed by atoms with E-state index in [1.54, 1.807) is 5.32 Å². The second-order valence-corrected chi connectivity index (χ2v) is 5.34. The normalized spacial score (nSPS) is 16.0. The van der Waals surface area contributed by atoms with Gasteiger partial charge in [-0.1, -0.05) is 0 Å². The lowest BCUT2D eigenvalue weighted by atomic mass is 9.96. The van der Waals surface area contributed by atoms with Crippen LogP contribution in [0.2, 0.25) is 0 Å². The van der Waals surface area contributed by atoms with Crippen molar-refractivity contribution in [2.75, 3.05) is 23.8 Å². The van der Waals surface area contributed by atoms with E-state index in [9.17, 15) is 22.8 Å². The van der Waals surface area contributed by atoms with Crippen molar-refractivity contribution < 1.29 is 27.5 Å². The van der Waals surface area contributed by atoms with E-state index in [1.165, 1.54) is 24.3 Å². The zero-order chi connectivity index (χ0) is 16.9. The Bertz CT molecular complexity index is 552. The van der Waals surface area contributed by atoms with E-state index in [4.69, 9.17) is 4.74 Å². The molecule has 1 aromatic carbocycles. The van der Waals surface area contributed by atoms with Gasteiger partial charge >= 0.3 is 12.1 Å². The van der Waals surface area contributed by atoms with Gasteiger partial charge in [0.15, 0.2) is 0 Å². The maximum absolute atomic E-state index is 12.1. The fourth-order valence-corrected chi connectivity index (χ4v) is 2.26. The number of carbonyl (C=O) groups excluding carboxylic acids is 2. The number of nitrogens with one attached hydrogen (secondary N) is 2. The molecule has 5 nitrogen and oxygen atoms in total. The number of ether oxygens (including phenoxy) is 1. The summed E-state index contributed by atoms with van der Waals surface area (Å²) in [6, 6.07) is 5.48. The van der Waals surface area contributed by atoms with Crippen molar-refractivity contribution in [3.05, 3.63) is 24.3 Å². The molecule has 0 unspecified atom stereocenters. The molecule has 8 heteroatoms. The lowest BCUT2D eigenvalue weighted by molar-refractivity contribution is -0.167. The van der Waals surface area contributed by atoms with Gasteiger partial charge in [-0.15, -0.1) is 0 Å². The van der Waals surface area contributed by atoms with Crippen LogP contribution in [0.4, 0.5) is 24.5 Å². The lowest BCUT2D eigenvalue weighted by Gasteiger charge is -2.21. The maximum atomic E-state index is 12.1. The first-order chi connectivity index (χ1) is 10.8. The molecule has 1 heterocycles. The van der Waals surface area contributed by atoms with Crippen LogP contribution in [0.3, 0.4) is 0 Å². The summed E-state index contributed by atoms with van der Waals surface area (Å²) in [5.41, 5.74) is 0.474. The summed E-state index contributed by atoms with van der Waals surface area (Å²) in [5, 5.41) is 4.42. The highest BCUT2D eigenvalue weighted by Crippen LogP contribution is 2.21. The van der Waals surface area contributed by atoms with Crippen molar-refractivity contribution in [3.8, 4) is 0 Å². The van der Waals surface area contributed by atoms with Gasteiger partial charge in [0.05, 0.1) is 0 Å². The van der Waals surface area contributed by atoms with Crippen LogP contribution < -0.4 is 10.6 Å². The Morgan fingerprint density at radius 2 is 1.57 bits per heavy atom. The highest BCUT2D eigenvalue weighted by Gasteiger charge is 2.38. The van der Waals surface area contributed by atoms with Gasteiger partial charge < -0.3 is 15.4 Å². The standard InChI is InChI=1S/C15H17F3N2O3/c16-15(17,18)14(22)20-12-3-1-11(2-4-12)19-13(21)9-10-5-7-23-8-6-10/h1-4,10H,5-9H2,(H,19,21)(H,20,22). The average molecular weight is 330 g/mol. The SMILES string of the molecule is O=C(CC1CCOCC1)Nc1ccc(NC(=O)C(F)(F)F)cc1. The van der Waals surface area contributed by atoms with E-state index < -0.39 is 12.1 Å². The molecular formula is C15H17F3N2O3. The highest BCUT2D eigenvalue weighted by molar-refractivity contribution is 5.95. The minimum Gasteiger partial charge on any atom is -0.381 e. The molecule has 1 aliphatic heterocycles. The Kier molecular flexibility index (Phi) is 5.59. The van der Waals surface area contributed by atoms with Crippen LogP contribution in [-0.4, -0.2) is 31.2 Å². The van der Waals surface area contributed by atoms with Gasteiger partial charge in [0.2, 0.25) is 5.91 Å². The van der Waals surface area contributed by atoms with E-state index >= 15 is 0 Å². The fraction of sp³-hybridized carbons (Fsp3) is 0.467. The van der Waals surface area contributed by atoms with Crippen molar-refractivity contribution in [3.63, 3.8) is 0 Å². The Morgan fingerprint density at radius 3 is 2.09 bits per heavy atom. The molecule has 23 heavy (non-hydrogen) atoms. The number of anilines is 2. The Balaban J connectivity index is 1.84. The number of rotatable bonds is 4. The van der Waals surface area contributed by atoms with E-state index in [1.807, 2.05) is 0 Å². The molecule has 126 valence electrons. The average Bonchev–Trinajstić information content (AvgIpc) is 2.49. The maximum Gasteiger partial charge on any atom is 0.471 e. The summed E-state index contributed by atoms with van der Waals surface area (Å²) >= 11 is 0. The second kappa shape index (κ2) is 7.45. The van der Waals surface area contributed by atoms with Gasteiger partial charge in [0.25, 0.3) is 0 Å². The van der Waals surface area contributed by atoms with Gasteiger partial charge in [0.1, 0.15) is 0 Å². The van der Waals surface area contributed by atoms with Gasteiger partial charge in [0, 0.05) is 31.0 Å². The van der Waals surface area contributed by atoms with Crippen molar-refractivity contribution in [2.45, 2.75) is 25.4 Å². The summed E-state index contributed by atoms with van der Waals surface area (Å²) in [5.74, 6) is -1.90. The summed E-state index contributed by atoms with van der Waals surface area (Å²) in [7, 11) is 0. The minimum atomic E-state index is -4.93. The lowest BCUT2D eigenvalue weighted by Crippen LogP contribution is -2.29. The zero-order valence-electron chi connectivity index (χ0n) is 12.3. The number of alkyl halides is 3.